The lowest BCUT2D eigenvalue weighted by Gasteiger charge is -2.23. The van der Waals surface area contributed by atoms with Crippen molar-refractivity contribution in [2.24, 2.45) is 0 Å². The Hall–Kier alpha value is -0.570. The highest BCUT2D eigenvalue weighted by molar-refractivity contribution is 7.80. The molecule has 2 unspecified atom stereocenters. The van der Waals surface area contributed by atoms with Gasteiger partial charge in [0.1, 0.15) is 6.10 Å². The van der Waals surface area contributed by atoms with Gasteiger partial charge in [0.05, 0.1) is 6.04 Å². The summed E-state index contributed by atoms with van der Waals surface area (Å²) in [5.74, 6) is 0. The highest BCUT2D eigenvalue weighted by atomic mass is 32.1. The van der Waals surface area contributed by atoms with Crippen LogP contribution in [0.5, 0.6) is 0 Å². The minimum absolute atomic E-state index is 0.267. The van der Waals surface area contributed by atoms with Crippen LogP contribution in [-0.2, 0) is 4.74 Å². The molecule has 1 saturated carbocycles. The normalized spacial score (nSPS) is 36.0. The number of hydrogen-bond donors (Lipinski definition) is 1. The first-order valence-electron chi connectivity index (χ1n) is 3.89. The Bertz CT molecular complexity index is 212. The predicted octanol–water partition coefficient (Wildman–Crippen LogP) is 1.37. The van der Waals surface area contributed by atoms with E-state index in [9.17, 15) is 0 Å². The van der Waals surface area contributed by atoms with E-state index in [4.69, 9.17) is 17.0 Å². The van der Waals surface area contributed by atoms with Gasteiger partial charge in [0, 0.05) is 6.42 Å². The van der Waals surface area contributed by atoms with Crippen LogP contribution in [0.2, 0.25) is 0 Å². The van der Waals surface area contributed by atoms with Gasteiger partial charge in [-0.05, 0) is 25.1 Å². The quantitative estimate of drug-likeness (QED) is 0.437. The van der Waals surface area contributed by atoms with E-state index >= 15 is 0 Å². The fourth-order valence-electron chi connectivity index (χ4n) is 1.69. The summed E-state index contributed by atoms with van der Waals surface area (Å²) < 4.78 is 5.40. The zero-order valence-corrected chi connectivity index (χ0v) is 7.12. The van der Waals surface area contributed by atoms with E-state index < -0.39 is 0 Å². The molecule has 1 heterocycles. The van der Waals surface area contributed by atoms with Crippen molar-refractivity contribution in [3.8, 4) is 0 Å². The van der Waals surface area contributed by atoms with Crippen molar-refractivity contribution in [1.82, 2.24) is 5.32 Å². The molecule has 0 bridgehead atoms. The minimum Gasteiger partial charge on any atom is -0.465 e. The third-order valence-electron chi connectivity index (χ3n) is 2.31. The Labute approximate surface area is 71.6 Å². The third kappa shape index (κ3) is 1.25. The second-order valence-electron chi connectivity index (χ2n) is 3.19. The first-order valence-corrected chi connectivity index (χ1v) is 4.30. The van der Waals surface area contributed by atoms with Crippen molar-refractivity contribution in [2.75, 3.05) is 0 Å². The summed E-state index contributed by atoms with van der Waals surface area (Å²) in [6.07, 6.45) is 3.46. The van der Waals surface area contributed by atoms with Crippen molar-refractivity contribution < 1.29 is 4.74 Å². The van der Waals surface area contributed by atoms with Crippen molar-refractivity contribution in [2.45, 2.75) is 31.4 Å². The molecule has 0 aromatic carbocycles. The fourth-order valence-corrected chi connectivity index (χ4v) is 1.96. The molecule has 0 amide bonds. The Morgan fingerprint density at radius 2 is 2.45 bits per heavy atom. The Morgan fingerprint density at radius 1 is 1.64 bits per heavy atom. The average Bonchev–Trinajstić information content (AvgIpc) is 2.27. The molecule has 2 fully saturated rings. The molecule has 0 radical (unpaired) electrons. The van der Waals surface area contributed by atoms with Crippen LogP contribution in [-0.4, -0.2) is 17.3 Å². The van der Waals surface area contributed by atoms with Crippen LogP contribution in [0.25, 0.3) is 0 Å². The van der Waals surface area contributed by atoms with Crippen LogP contribution in [0.1, 0.15) is 19.3 Å². The van der Waals surface area contributed by atoms with Crippen LogP contribution in [0.15, 0.2) is 12.2 Å². The van der Waals surface area contributed by atoms with E-state index in [1.165, 1.54) is 5.57 Å². The number of fused-ring (bicyclic) bond motifs is 1. The molecule has 2 rings (SSSR count). The smallest absolute Gasteiger partial charge is 0.257 e. The molecule has 2 atom stereocenters. The fraction of sp³-hybridized carbons (Fsp3) is 0.625. The van der Waals surface area contributed by atoms with E-state index in [0.29, 0.717) is 11.2 Å². The van der Waals surface area contributed by atoms with Crippen molar-refractivity contribution >= 4 is 17.4 Å². The lowest BCUT2D eigenvalue weighted by Crippen LogP contribution is -2.34. The summed E-state index contributed by atoms with van der Waals surface area (Å²) >= 11 is 4.91. The van der Waals surface area contributed by atoms with Gasteiger partial charge in [-0.25, -0.2) is 0 Å². The molecule has 1 aliphatic heterocycles. The van der Waals surface area contributed by atoms with Gasteiger partial charge in [-0.1, -0.05) is 12.2 Å². The maximum Gasteiger partial charge on any atom is 0.257 e. The number of thiocarbonyl (C=S) groups is 1. The topological polar surface area (TPSA) is 21.3 Å². The molecule has 2 aliphatic rings. The zero-order chi connectivity index (χ0) is 7.84. The summed E-state index contributed by atoms with van der Waals surface area (Å²) in [6.45, 7) is 3.95. The third-order valence-corrected chi connectivity index (χ3v) is 2.52. The molecular formula is C8H11NOS. The Balaban J connectivity index is 2.08. The summed E-state index contributed by atoms with van der Waals surface area (Å²) in [6, 6.07) is 0.452. The largest absolute Gasteiger partial charge is 0.465 e. The van der Waals surface area contributed by atoms with Crippen LogP contribution in [0.4, 0.5) is 0 Å². The molecule has 0 spiro atoms. The van der Waals surface area contributed by atoms with Crippen molar-refractivity contribution in [1.29, 1.82) is 0 Å². The van der Waals surface area contributed by atoms with E-state index in [2.05, 4.69) is 11.9 Å². The number of hydrogen-bond acceptors (Lipinski definition) is 2. The minimum atomic E-state index is 0.267. The molecule has 0 aromatic heterocycles. The highest BCUT2D eigenvalue weighted by Crippen LogP contribution is 2.28. The zero-order valence-electron chi connectivity index (χ0n) is 6.30. The van der Waals surface area contributed by atoms with Crippen LogP contribution < -0.4 is 5.32 Å². The standard InChI is InChI=1S/C8H11NOS/c1-5-2-3-6-7(4-5)10-8(11)9-6/h6-7H,1-4H2,(H,9,11). The van der Waals surface area contributed by atoms with E-state index in [1.54, 1.807) is 0 Å². The van der Waals surface area contributed by atoms with Gasteiger partial charge in [0.2, 0.25) is 0 Å². The maximum atomic E-state index is 5.40. The van der Waals surface area contributed by atoms with Gasteiger partial charge >= 0.3 is 0 Å². The van der Waals surface area contributed by atoms with Gasteiger partial charge in [0.15, 0.2) is 0 Å². The predicted molar refractivity (Wildman–Crippen MR) is 47.4 cm³/mol. The second-order valence-corrected chi connectivity index (χ2v) is 3.56. The van der Waals surface area contributed by atoms with E-state index in [0.717, 1.165) is 19.3 Å². The molecule has 0 aromatic rings. The van der Waals surface area contributed by atoms with Gasteiger partial charge in [-0.3, -0.25) is 0 Å². The monoisotopic (exact) mass is 169 g/mol. The molecule has 1 saturated heterocycles. The molecule has 11 heavy (non-hydrogen) atoms. The van der Waals surface area contributed by atoms with Gasteiger partial charge in [0.25, 0.3) is 5.17 Å². The molecule has 2 nitrogen and oxygen atoms in total. The molecule has 1 N–H and O–H groups in total. The van der Waals surface area contributed by atoms with Gasteiger partial charge < -0.3 is 10.1 Å². The lowest BCUT2D eigenvalue weighted by molar-refractivity contribution is 0.184. The summed E-state index contributed by atoms with van der Waals surface area (Å²) in [5.41, 5.74) is 1.29. The summed E-state index contributed by atoms with van der Waals surface area (Å²) in [4.78, 5) is 0. The number of ether oxygens (including phenoxy) is 1. The number of nitrogens with one attached hydrogen (secondary N) is 1. The summed E-state index contributed by atoms with van der Waals surface area (Å²) in [7, 11) is 0. The SMILES string of the molecule is C=C1CCC2NC(=S)OC2C1. The summed E-state index contributed by atoms with van der Waals surface area (Å²) in [5, 5.41) is 3.71. The second kappa shape index (κ2) is 2.48. The molecule has 1 aliphatic carbocycles. The van der Waals surface area contributed by atoms with Crippen LogP contribution >= 0.6 is 12.2 Å². The first-order chi connectivity index (χ1) is 5.25. The van der Waals surface area contributed by atoms with E-state index in [-0.39, 0.29) is 6.10 Å². The number of rotatable bonds is 0. The average molecular weight is 169 g/mol. The van der Waals surface area contributed by atoms with Crippen LogP contribution in [0, 0.1) is 0 Å². The molecule has 60 valence electrons. The maximum absolute atomic E-state index is 5.40. The van der Waals surface area contributed by atoms with Gasteiger partial charge in [-0.2, -0.15) is 0 Å². The lowest BCUT2D eigenvalue weighted by atomic mass is 9.90. The Morgan fingerprint density at radius 3 is 3.27 bits per heavy atom. The Kier molecular flexibility index (Phi) is 1.60. The van der Waals surface area contributed by atoms with E-state index in [1.807, 2.05) is 0 Å². The highest BCUT2D eigenvalue weighted by Gasteiger charge is 2.34. The first kappa shape index (κ1) is 7.10. The molecular weight excluding hydrogens is 158 g/mol. The van der Waals surface area contributed by atoms with Crippen LogP contribution in [0.3, 0.4) is 0 Å². The van der Waals surface area contributed by atoms with Crippen molar-refractivity contribution in [3.05, 3.63) is 12.2 Å². The van der Waals surface area contributed by atoms with Gasteiger partial charge in [-0.15, -0.1) is 0 Å². The van der Waals surface area contributed by atoms with Crippen molar-refractivity contribution in [3.63, 3.8) is 0 Å². The molecule has 3 heteroatoms.